The number of nitrogens with zero attached hydrogens (tertiary/aromatic N) is 3. The molecule has 0 saturated heterocycles. The molecule has 4 rings (SSSR count). The normalized spacial score (nSPS) is 11.3. The van der Waals surface area contributed by atoms with Crippen LogP contribution in [0.1, 0.15) is 22.5 Å². The second kappa shape index (κ2) is 9.10. The molecular formula is C26H25N3O3S. The molecule has 1 aromatic heterocycles. The van der Waals surface area contributed by atoms with E-state index in [1.165, 1.54) is 6.07 Å². The number of anilines is 1. The van der Waals surface area contributed by atoms with Crippen molar-refractivity contribution in [3.8, 4) is 11.8 Å². The van der Waals surface area contributed by atoms with Gasteiger partial charge in [-0.05, 0) is 67.3 Å². The first-order valence-electron chi connectivity index (χ1n) is 10.5. The summed E-state index contributed by atoms with van der Waals surface area (Å²) < 4.78 is 35.3. The van der Waals surface area contributed by atoms with Gasteiger partial charge in [-0.25, -0.2) is 4.98 Å². The minimum absolute atomic E-state index is 0.0638. The highest BCUT2D eigenvalue weighted by Gasteiger charge is 2.16. The molecular weight excluding hydrogens is 434 g/mol. The van der Waals surface area contributed by atoms with Gasteiger partial charge in [-0.2, -0.15) is 8.42 Å². The fourth-order valence-electron chi connectivity index (χ4n) is 3.76. The summed E-state index contributed by atoms with van der Waals surface area (Å²) in [6.07, 6.45) is 0.406. The van der Waals surface area contributed by atoms with Crippen LogP contribution in [0.4, 0.5) is 5.69 Å². The lowest BCUT2D eigenvalue weighted by Gasteiger charge is -2.11. The summed E-state index contributed by atoms with van der Waals surface area (Å²) >= 11 is 0. The van der Waals surface area contributed by atoms with Gasteiger partial charge in [0.25, 0.3) is 10.1 Å². The molecule has 0 aliphatic heterocycles. The Kier molecular flexibility index (Phi) is 6.23. The monoisotopic (exact) mass is 459 g/mol. The van der Waals surface area contributed by atoms with Gasteiger partial charge in [0.1, 0.15) is 0 Å². The molecule has 0 fully saturated rings. The molecule has 1 heterocycles. The van der Waals surface area contributed by atoms with E-state index in [0.717, 1.165) is 27.8 Å². The first-order chi connectivity index (χ1) is 15.7. The van der Waals surface area contributed by atoms with Gasteiger partial charge in [0, 0.05) is 31.9 Å². The van der Waals surface area contributed by atoms with E-state index < -0.39 is 10.1 Å². The van der Waals surface area contributed by atoms with Gasteiger partial charge >= 0.3 is 0 Å². The SMILES string of the molecule is Cc1ccc(S(=O)(=O)O)c(CCn2c(C#Cc3ccc(N(C)C)cc3)nc3ccccc32)c1. The van der Waals surface area contributed by atoms with Crippen molar-refractivity contribution in [2.75, 3.05) is 19.0 Å². The number of imidazole rings is 1. The Morgan fingerprint density at radius 3 is 2.42 bits per heavy atom. The van der Waals surface area contributed by atoms with Crippen LogP contribution < -0.4 is 4.90 Å². The summed E-state index contributed by atoms with van der Waals surface area (Å²) in [6, 6.07) is 20.7. The summed E-state index contributed by atoms with van der Waals surface area (Å²) in [5.41, 5.74) is 5.21. The topological polar surface area (TPSA) is 75.4 Å². The van der Waals surface area contributed by atoms with Gasteiger partial charge in [-0.3, -0.25) is 4.55 Å². The molecule has 0 amide bonds. The Labute approximate surface area is 194 Å². The number of hydrogen-bond acceptors (Lipinski definition) is 4. The molecule has 0 spiro atoms. The molecule has 0 radical (unpaired) electrons. The largest absolute Gasteiger partial charge is 0.378 e. The van der Waals surface area contributed by atoms with E-state index in [-0.39, 0.29) is 4.90 Å². The van der Waals surface area contributed by atoms with Crippen molar-refractivity contribution in [2.24, 2.45) is 0 Å². The van der Waals surface area contributed by atoms with E-state index in [4.69, 9.17) is 0 Å². The maximum Gasteiger partial charge on any atom is 0.294 e. The van der Waals surface area contributed by atoms with Crippen LogP contribution in [-0.4, -0.2) is 36.6 Å². The minimum atomic E-state index is -4.31. The molecule has 0 bridgehead atoms. The standard InChI is InChI=1S/C26H25N3O3S/c1-19-8-14-25(33(30,31)32)21(18-19)16-17-29-24-7-5-4-6-23(24)27-26(29)15-11-20-9-12-22(13-10-20)28(2)3/h4-10,12-14,18H,16-17H2,1-3H3,(H,30,31,32). The van der Waals surface area contributed by atoms with Gasteiger partial charge in [0.05, 0.1) is 15.9 Å². The zero-order valence-corrected chi connectivity index (χ0v) is 19.6. The first kappa shape index (κ1) is 22.6. The van der Waals surface area contributed by atoms with Crippen molar-refractivity contribution in [1.29, 1.82) is 0 Å². The predicted molar refractivity (Wildman–Crippen MR) is 131 cm³/mol. The van der Waals surface area contributed by atoms with Crippen molar-refractivity contribution in [3.05, 3.63) is 89.2 Å². The molecule has 0 aliphatic carbocycles. The average Bonchev–Trinajstić information content (AvgIpc) is 3.13. The van der Waals surface area contributed by atoms with E-state index in [9.17, 15) is 13.0 Å². The van der Waals surface area contributed by atoms with Crippen molar-refractivity contribution in [3.63, 3.8) is 0 Å². The summed E-state index contributed by atoms with van der Waals surface area (Å²) in [5.74, 6) is 6.97. The Hall–Kier alpha value is -3.60. The van der Waals surface area contributed by atoms with E-state index >= 15 is 0 Å². The second-order valence-corrected chi connectivity index (χ2v) is 9.49. The fourth-order valence-corrected chi connectivity index (χ4v) is 4.49. The Morgan fingerprint density at radius 2 is 1.73 bits per heavy atom. The van der Waals surface area contributed by atoms with Gasteiger partial charge in [0.15, 0.2) is 5.82 Å². The molecule has 3 aromatic carbocycles. The lowest BCUT2D eigenvalue weighted by molar-refractivity contribution is 0.481. The molecule has 1 N–H and O–H groups in total. The van der Waals surface area contributed by atoms with Crippen LogP contribution >= 0.6 is 0 Å². The number of benzene rings is 3. The minimum Gasteiger partial charge on any atom is -0.378 e. The molecule has 0 unspecified atom stereocenters. The van der Waals surface area contributed by atoms with Crippen LogP contribution in [0.15, 0.2) is 71.6 Å². The highest BCUT2D eigenvalue weighted by molar-refractivity contribution is 7.85. The Morgan fingerprint density at radius 1 is 1.00 bits per heavy atom. The predicted octanol–water partition coefficient (Wildman–Crippen LogP) is 4.30. The highest BCUT2D eigenvalue weighted by Crippen LogP contribution is 2.21. The number of fused-ring (bicyclic) bond motifs is 1. The molecule has 168 valence electrons. The lowest BCUT2D eigenvalue weighted by atomic mass is 10.1. The number of para-hydroxylation sites is 2. The zero-order chi connectivity index (χ0) is 23.6. The number of aryl methyl sites for hydroxylation is 3. The van der Waals surface area contributed by atoms with Gasteiger partial charge in [0.2, 0.25) is 0 Å². The molecule has 0 saturated carbocycles. The van der Waals surface area contributed by atoms with Crippen molar-refractivity contribution in [2.45, 2.75) is 24.8 Å². The third-order valence-electron chi connectivity index (χ3n) is 5.46. The molecule has 0 aliphatic rings. The van der Waals surface area contributed by atoms with Gasteiger partial charge < -0.3 is 9.47 Å². The van der Waals surface area contributed by atoms with Crippen LogP contribution in [0.25, 0.3) is 11.0 Å². The number of aromatic nitrogens is 2. The summed E-state index contributed by atoms with van der Waals surface area (Å²) in [4.78, 5) is 6.65. The van der Waals surface area contributed by atoms with Crippen LogP contribution in [-0.2, 0) is 23.1 Å². The smallest absolute Gasteiger partial charge is 0.294 e. The number of rotatable bonds is 5. The number of hydrogen-bond donors (Lipinski definition) is 1. The summed E-state index contributed by atoms with van der Waals surface area (Å²) in [7, 11) is -0.325. The Bertz CT molecular complexity index is 1470. The van der Waals surface area contributed by atoms with Crippen LogP contribution in [0.2, 0.25) is 0 Å². The second-order valence-electron chi connectivity index (χ2n) is 8.10. The van der Waals surface area contributed by atoms with E-state index in [1.807, 2.05) is 79.0 Å². The molecule has 4 aromatic rings. The maximum atomic E-state index is 11.8. The third-order valence-corrected chi connectivity index (χ3v) is 6.41. The van der Waals surface area contributed by atoms with E-state index in [0.29, 0.717) is 24.4 Å². The van der Waals surface area contributed by atoms with Crippen LogP contribution in [0.5, 0.6) is 0 Å². The molecule has 7 heteroatoms. The van der Waals surface area contributed by atoms with Gasteiger partial charge in [-0.15, -0.1) is 0 Å². The maximum absolute atomic E-state index is 11.8. The average molecular weight is 460 g/mol. The quantitative estimate of drug-likeness (QED) is 0.356. The van der Waals surface area contributed by atoms with Crippen molar-refractivity contribution >= 4 is 26.8 Å². The van der Waals surface area contributed by atoms with Crippen molar-refractivity contribution in [1.82, 2.24) is 9.55 Å². The lowest BCUT2D eigenvalue weighted by Crippen LogP contribution is -2.09. The van der Waals surface area contributed by atoms with Crippen LogP contribution in [0.3, 0.4) is 0 Å². The fraction of sp³-hybridized carbons (Fsp3) is 0.192. The van der Waals surface area contributed by atoms with E-state index in [2.05, 4.69) is 16.8 Å². The van der Waals surface area contributed by atoms with E-state index in [1.54, 1.807) is 12.1 Å². The highest BCUT2D eigenvalue weighted by atomic mass is 32.2. The summed E-state index contributed by atoms with van der Waals surface area (Å²) in [5, 5.41) is 0. The summed E-state index contributed by atoms with van der Waals surface area (Å²) in [6.45, 7) is 2.36. The van der Waals surface area contributed by atoms with Gasteiger partial charge in [-0.1, -0.05) is 35.7 Å². The first-order valence-corrected chi connectivity index (χ1v) is 12.0. The third kappa shape index (κ3) is 5.08. The molecule has 0 atom stereocenters. The van der Waals surface area contributed by atoms with Crippen molar-refractivity contribution < 1.29 is 13.0 Å². The zero-order valence-electron chi connectivity index (χ0n) is 18.8. The Balaban J connectivity index is 1.70. The molecule has 33 heavy (non-hydrogen) atoms. The van der Waals surface area contributed by atoms with Crippen LogP contribution in [0, 0.1) is 18.8 Å². The molecule has 6 nitrogen and oxygen atoms in total.